The third-order valence-electron chi connectivity index (χ3n) is 3.47. The zero-order valence-corrected chi connectivity index (χ0v) is 12.4. The fourth-order valence-electron chi connectivity index (χ4n) is 1.97. The number of benzene rings is 1. The number of amides is 1. The molecular formula is C15H16FN3O3. The Bertz CT molecular complexity index is 727. The SMILES string of the molecule is Cc1cc(F)ccc1-n1ccc(C(=O)N(C)C(C)C(=O)O)n1. The minimum absolute atomic E-state index is 0.124. The Morgan fingerprint density at radius 2 is 2.05 bits per heavy atom. The Labute approximate surface area is 126 Å². The van der Waals surface area contributed by atoms with Crippen molar-refractivity contribution in [1.29, 1.82) is 0 Å². The van der Waals surface area contributed by atoms with Crippen LogP contribution in [0.5, 0.6) is 0 Å². The smallest absolute Gasteiger partial charge is 0.326 e. The molecule has 22 heavy (non-hydrogen) atoms. The number of halogens is 1. The van der Waals surface area contributed by atoms with Crippen molar-refractivity contribution in [3.63, 3.8) is 0 Å². The van der Waals surface area contributed by atoms with Crippen molar-refractivity contribution >= 4 is 11.9 Å². The zero-order chi connectivity index (χ0) is 16.4. The summed E-state index contributed by atoms with van der Waals surface area (Å²) >= 11 is 0. The van der Waals surface area contributed by atoms with Crippen molar-refractivity contribution in [2.45, 2.75) is 19.9 Å². The number of likely N-dealkylation sites (N-methyl/N-ethyl adjacent to an activating group) is 1. The topological polar surface area (TPSA) is 75.4 Å². The molecule has 116 valence electrons. The van der Waals surface area contributed by atoms with Crippen LogP contribution >= 0.6 is 0 Å². The van der Waals surface area contributed by atoms with E-state index in [2.05, 4.69) is 5.10 Å². The van der Waals surface area contributed by atoms with Gasteiger partial charge in [-0.05, 0) is 43.7 Å². The molecule has 0 saturated carbocycles. The average Bonchev–Trinajstić information content (AvgIpc) is 2.94. The van der Waals surface area contributed by atoms with E-state index < -0.39 is 17.9 Å². The summed E-state index contributed by atoms with van der Waals surface area (Å²) in [7, 11) is 1.41. The molecule has 0 aliphatic rings. The van der Waals surface area contributed by atoms with Crippen LogP contribution in [-0.4, -0.2) is 44.8 Å². The van der Waals surface area contributed by atoms with Crippen LogP contribution < -0.4 is 0 Å². The average molecular weight is 305 g/mol. The van der Waals surface area contributed by atoms with E-state index in [0.29, 0.717) is 11.3 Å². The number of aromatic nitrogens is 2. The molecule has 0 saturated heterocycles. The summed E-state index contributed by atoms with van der Waals surface area (Å²) in [5, 5.41) is 13.1. The molecule has 6 nitrogen and oxygen atoms in total. The van der Waals surface area contributed by atoms with Gasteiger partial charge in [-0.3, -0.25) is 4.79 Å². The van der Waals surface area contributed by atoms with Crippen molar-refractivity contribution < 1.29 is 19.1 Å². The third kappa shape index (κ3) is 2.98. The molecule has 0 aliphatic carbocycles. The van der Waals surface area contributed by atoms with Crippen LogP contribution in [-0.2, 0) is 4.79 Å². The summed E-state index contributed by atoms with van der Waals surface area (Å²) < 4.78 is 14.6. The molecule has 1 aromatic carbocycles. The predicted octanol–water partition coefficient (Wildman–Crippen LogP) is 1.86. The first-order valence-electron chi connectivity index (χ1n) is 6.63. The molecule has 1 heterocycles. The highest BCUT2D eigenvalue weighted by Crippen LogP contribution is 2.15. The first-order valence-corrected chi connectivity index (χ1v) is 6.63. The molecule has 1 atom stereocenters. The van der Waals surface area contributed by atoms with Gasteiger partial charge in [-0.25, -0.2) is 13.9 Å². The number of aliphatic carboxylic acids is 1. The lowest BCUT2D eigenvalue weighted by Crippen LogP contribution is -2.40. The van der Waals surface area contributed by atoms with Gasteiger partial charge in [-0.15, -0.1) is 0 Å². The van der Waals surface area contributed by atoms with Crippen molar-refractivity contribution in [2.24, 2.45) is 0 Å². The minimum atomic E-state index is -1.09. The summed E-state index contributed by atoms with van der Waals surface area (Å²) in [5.74, 6) is -1.93. The number of carboxylic acids is 1. The number of carbonyl (C=O) groups is 2. The summed E-state index contributed by atoms with van der Waals surface area (Å²) in [6, 6.07) is 4.79. The van der Waals surface area contributed by atoms with Crippen molar-refractivity contribution in [1.82, 2.24) is 14.7 Å². The predicted molar refractivity (Wildman–Crippen MR) is 77.5 cm³/mol. The van der Waals surface area contributed by atoms with Gasteiger partial charge in [0, 0.05) is 13.2 Å². The second-order valence-corrected chi connectivity index (χ2v) is 5.01. The molecular weight excluding hydrogens is 289 g/mol. The van der Waals surface area contributed by atoms with Crippen molar-refractivity contribution in [3.05, 3.63) is 47.5 Å². The molecule has 1 N–H and O–H groups in total. The van der Waals surface area contributed by atoms with Crippen molar-refractivity contribution in [3.8, 4) is 5.69 Å². The van der Waals surface area contributed by atoms with Gasteiger partial charge < -0.3 is 10.0 Å². The van der Waals surface area contributed by atoms with Crippen LogP contribution in [0.15, 0.2) is 30.5 Å². The van der Waals surface area contributed by atoms with E-state index >= 15 is 0 Å². The number of carbonyl (C=O) groups excluding carboxylic acids is 1. The van der Waals surface area contributed by atoms with E-state index in [1.807, 2.05) is 0 Å². The maximum Gasteiger partial charge on any atom is 0.326 e. The molecule has 0 fully saturated rings. The van der Waals surface area contributed by atoms with Gasteiger partial charge in [0.1, 0.15) is 11.9 Å². The van der Waals surface area contributed by atoms with Crippen molar-refractivity contribution in [2.75, 3.05) is 7.05 Å². The second-order valence-electron chi connectivity index (χ2n) is 5.01. The quantitative estimate of drug-likeness (QED) is 0.935. The van der Waals surface area contributed by atoms with Crippen LogP contribution in [0.2, 0.25) is 0 Å². The summed E-state index contributed by atoms with van der Waals surface area (Å²) in [6.07, 6.45) is 1.58. The normalized spacial score (nSPS) is 12.0. The number of carboxylic acid groups (broad SMARTS) is 1. The second kappa shape index (κ2) is 5.97. The van der Waals surface area contributed by atoms with Gasteiger partial charge in [-0.2, -0.15) is 5.10 Å². The van der Waals surface area contributed by atoms with Gasteiger partial charge in [0.15, 0.2) is 5.69 Å². The van der Waals surface area contributed by atoms with Gasteiger partial charge in [0.25, 0.3) is 5.91 Å². The van der Waals surface area contributed by atoms with E-state index in [-0.39, 0.29) is 11.5 Å². The molecule has 0 radical (unpaired) electrons. The highest BCUT2D eigenvalue weighted by molar-refractivity contribution is 5.94. The lowest BCUT2D eigenvalue weighted by atomic mass is 10.2. The molecule has 2 aromatic rings. The molecule has 7 heteroatoms. The van der Waals surface area contributed by atoms with Gasteiger partial charge in [-0.1, -0.05) is 0 Å². The van der Waals surface area contributed by atoms with Crippen LogP contribution in [0.3, 0.4) is 0 Å². The van der Waals surface area contributed by atoms with Crippen LogP contribution in [0.4, 0.5) is 4.39 Å². The largest absolute Gasteiger partial charge is 0.480 e. The van der Waals surface area contributed by atoms with E-state index in [1.54, 1.807) is 19.2 Å². The fourth-order valence-corrected chi connectivity index (χ4v) is 1.97. The molecule has 1 amide bonds. The van der Waals surface area contributed by atoms with Gasteiger partial charge in [0.05, 0.1) is 5.69 Å². The maximum absolute atomic E-state index is 13.1. The Morgan fingerprint density at radius 3 is 2.64 bits per heavy atom. The van der Waals surface area contributed by atoms with Crippen LogP contribution in [0.1, 0.15) is 23.0 Å². The lowest BCUT2D eigenvalue weighted by Gasteiger charge is -2.20. The summed E-state index contributed by atoms with van der Waals surface area (Å²) in [5.41, 5.74) is 1.45. The monoisotopic (exact) mass is 305 g/mol. The molecule has 0 aliphatic heterocycles. The third-order valence-corrected chi connectivity index (χ3v) is 3.47. The standard InChI is InChI=1S/C15H16FN3O3/c1-9-8-11(16)4-5-13(9)19-7-6-12(17-19)14(20)18(3)10(2)15(21)22/h4-8,10H,1-3H3,(H,21,22). The number of nitrogens with zero attached hydrogens (tertiary/aromatic N) is 3. The van der Waals surface area contributed by atoms with E-state index in [0.717, 1.165) is 4.90 Å². The molecule has 0 bridgehead atoms. The highest BCUT2D eigenvalue weighted by Gasteiger charge is 2.24. The Balaban J connectivity index is 2.28. The maximum atomic E-state index is 13.1. The zero-order valence-electron chi connectivity index (χ0n) is 12.4. The Morgan fingerprint density at radius 1 is 1.36 bits per heavy atom. The van der Waals surface area contributed by atoms with Crippen LogP contribution in [0, 0.1) is 12.7 Å². The molecule has 2 rings (SSSR count). The molecule has 1 unspecified atom stereocenters. The number of rotatable bonds is 4. The fraction of sp³-hybridized carbons (Fsp3) is 0.267. The summed E-state index contributed by atoms with van der Waals surface area (Å²) in [6.45, 7) is 3.15. The van der Waals surface area contributed by atoms with E-state index in [9.17, 15) is 14.0 Å². The Hall–Kier alpha value is -2.70. The summed E-state index contributed by atoms with van der Waals surface area (Å²) in [4.78, 5) is 24.2. The molecule has 1 aromatic heterocycles. The van der Waals surface area contributed by atoms with E-state index in [1.165, 1.54) is 36.9 Å². The van der Waals surface area contributed by atoms with Crippen LogP contribution in [0.25, 0.3) is 5.69 Å². The number of hydrogen-bond acceptors (Lipinski definition) is 3. The Kier molecular flexibility index (Phi) is 4.25. The highest BCUT2D eigenvalue weighted by atomic mass is 19.1. The first-order chi connectivity index (χ1) is 10.3. The lowest BCUT2D eigenvalue weighted by molar-refractivity contribution is -0.141. The number of hydrogen-bond donors (Lipinski definition) is 1. The van der Waals surface area contributed by atoms with Gasteiger partial charge >= 0.3 is 5.97 Å². The molecule has 0 spiro atoms. The minimum Gasteiger partial charge on any atom is -0.480 e. The van der Waals surface area contributed by atoms with E-state index in [4.69, 9.17) is 5.11 Å². The number of aryl methyl sites for hydroxylation is 1. The first kappa shape index (κ1) is 15.7. The van der Waals surface area contributed by atoms with Gasteiger partial charge in [0.2, 0.25) is 0 Å².